The van der Waals surface area contributed by atoms with E-state index < -0.39 is 0 Å². The number of hydrogen-bond donors (Lipinski definition) is 1. The Labute approximate surface area is 152 Å². The first-order chi connectivity index (χ1) is 12.1. The molecule has 5 nitrogen and oxygen atoms in total. The number of ether oxygens (including phenoxy) is 1. The van der Waals surface area contributed by atoms with E-state index in [0.29, 0.717) is 12.2 Å². The third-order valence-corrected chi connectivity index (χ3v) is 4.99. The molecule has 2 heterocycles. The molecular formula is C20H32N4O. The van der Waals surface area contributed by atoms with Crippen molar-refractivity contribution in [1.82, 2.24) is 15.1 Å². The van der Waals surface area contributed by atoms with E-state index in [2.05, 4.69) is 58.2 Å². The third-order valence-electron chi connectivity index (χ3n) is 4.99. The monoisotopic (exact) mass is 344 g/mol. The average molecular weight is 345 g/mol. The van der Waals surface area contributed by atoms with Crippen LogP contribution in [0.4, 0.5) is 0 Å². The Morgan fingerprint density at radius 3 is 2.28 bits per heavy atom. The summed E-state index contributed by atoms with van der Waals surface area (Å²) in [5.74, 6) is 1.03. The average Bonchev–Trinajstić information content (AvgIpc) is 3.10. The molecule has 1 aromatic rings. The first-order valence-electron chi connectivity index (χ1n) is 9.55. The fourth-order valence-corrected chi connectivity index (χ4v) is 3.88. The lowest BCUT2D eigenvalue weighted by Gasteiger charge is -2.35. The van der Waals surface area contributed by atoms with E-state index in [9.17, 15) is 0 Å². The van der Waals surface area contributed by atoms with Crippen molar-refractivity contribution < 1.29 is 4.74 Å². The van der Waals surface area contributed by atoms with Crippen LogP contribution in [0.25, 0.3) is 0 Å². The molecule has 2 saturated heterocycles. The van der Waals surface area contributed by atoms with Gasteiger partial charge >= 0.3 is 0 Å². The van der Waals surface area contributed by atoms with Crippen molar-refractivity contribution in [2.45, 2.75) is 52.0 Å². The van der Waals surface area contributed by atoms with E-state index in [0.717, 1.165) is 45.2 Å². The summed E-state index contributed by atoms with van der Waals surface area (Å²) < 4.78 is 5.82. The molecule has 0 aliphatic carbocycles. The van der Waals surface area contributed by atoms with Gasteiger partial charge in [0.15, 0.2) is 5.96 Å². The van der Waals surface area contributed by atoms with Gasteiger partial charge in [-0.05, 0) is 37.8 Å². The maximum absolute atomic E-state index is 5.82. The molecule has 0 amide bonds. The van der Waals surface area contributed by atoms with Crippen LogP contribution in [0.5, 0.6) is 0 Å². The number of guanidine groups is 1. The minimum absolute atomic E-state index is 0.324. The summed E-state index contributed by atoms with van der Waals surface area (Å²) in [6, 6.07) is 8.96. The first kappa shape index (κ1) is 18.2. The van der Waals surface area contributed by atoms with Crippen molar-refractivity contribution in [3.8, 4) is 0 Å². The predicted molar refractivity (Wildman–Crippen MR) is 103 cm³/mol. The molecule has 0 aromatic heterocycles. The highest BCUT2D eigenvalue weighted by molar-refractivity contribution is 5.80. The number of aliphatic imine (C=N–C) groups is 1. The van der Waals surface area contributed by atoms with E-state index >= 15 is 0 Å². The van der Waals surface area contributed by atoms with Gasteiger partial charge in [-0.1, -0.05) is 24.3 Å². The summed E-state index contributed by atoms with van der Waals surface area (Å²) in [4.78, 5) is 9.24. The van der Waals surface area contributed by atoms with Gasteiger partial charge in [0.1, 0.15) is 0 Å². The Kier molecular flexibility index (Phi) is 6.32. The number of rotatable bonds is 4. The molecule has 3 rings (SSSR count). The molecule has 138 valence electrons. The molecule has 2 atom stereocenters. The first-order valence-corrected chi connectivity index (χ1v) is 9.55. The number of hydrogen-bond acceptors (Lipinski definition) is 3. The number of nitrogens with one attached hydrogen (secondary N) is 1. The molecular weight excluding hydrogens is 312 g/mol. The van der Waals surface area contributed by atoms with E-state index in [-0.39, 0.29) is 0 Å². The van der Waals surface area contributed by atoms with Gasteiger partial charge in [-0.25, -0.2) is 0 Å². The van der Waals surface area contributed by atoms with Crippen molar-refractivity contribution >= 4 is 5.96 Å². The second-order valence-electron chi connectivity index (χ2n) is 7.36. The smallest absolute Gasteiger partial charge is 0.193 e. The molecule has 1 aromatic carbocycles. The Balaban J connectivity index is 1.50. The van der Waals surface area contributed by atoms with Crippen molar-refractivity contribution in [3.05, 3.63) is 35.4 Å². The number of nitrogens with zero attached hydrogens (tertiary/aromatic N) is 3. The van der Waals surface area contributed by atoms with Crippen LogP contribution in [0.1, 0.15) is 37.8 Å². The molecule has 0 radical (unpaired) electrons. The largest absolute Gasteiger partial charge is 0.373 e. The molecule has 2 aliphatic rings. The zero-order valence-corrected chi connectivity index (χ0v) is 15.9. The molecule has 2 fully saturated rings. The van der Waals surface area contributed by atoms with E-state index in [1.54, 1.807) is 0 Å². The lowest BCUT2D eigenvalue weighted by molar-refractivity contribution is -0.0704. The minimum Gasteiger partial charge on any atom is -0.373 e. The number of likely N-dealkylation sites (tertiary alicyclic amines) is 1. The zero-order valence-electron chi connectivity index (χ0n) is 15.9. The minimum atomic E-state index is 0.324. The molecule has 2 unspecified atom stereocenters. The number of morpholine rings is 1. The van der Waals surface area contributed by atoms with Crippen LogP contribution in [0, 0.1) is 0 Å². The molecule has 5 heteroatoms. The standard InChI is InChI=1S/C20H32N4O/c1-16-13-23(14-17(2)25-16)15-19-8-6-18(7-9-19)12-22-20(21-3)24-10-4-5-11-24/h6-9,16-17H,4-5,10-15H2,1-3H3,(H,21,22). The normalized spacial score (nSPS) is 25.4. The summed E-state index contributed by atoms with van der Waals surface area (Å²) in [5.41, 5.74) is 2.67. The summed E-state index contributed by atoms with van der Waals surface area (Å²) in [7, 11) is 1.87. The lowest BCUT2D eigenvalue weighted by Crippen LogP contribution is -2.44. The van der Waals surface area contributed by atoms with Gasteiger partial charge in [0.2, 0.25) is 0 Å². The highest BCUT2D eigenvalue weighted by atomic mass is 16.5. The Bertz CT molecular complexity index is 556. The van der Waals surface area contributed by atoms with Crippen molar-refractivity contribution in [2.24, 2.45) is 4.99 Å². The molecule has 0 bridgehead atoms. The zero-order chi connectivity index (χ0) is 17.6. The lowest BCUT2D eigenvalue weighted by atomic mass is 10.1. The van der Waals surface area contributed by atoms with Crippen molar-refractivity contribution in [2.75, 3.05) is 33.2 Å². The third kappa shape index (κ3) is 5.19. The van der Waals surface area contributed by atoms with Crippen LogP contribution in [-0.2, 0) is 17.8 Å². The highest BCUT2D eigenvalue weighted by Gasteiger charge is 2.22. The van der Waals surface area contributed by atoms with Crippen LogP contribution in [0.2, 0.25) is 0 Å². The highest BCUT2D eigenvalue weighted by Crippen LogP contribution is 2.15. The van der Waals surface area contributed by atoms with Crippen LogP contribution in [-0.4, -0.2) is 61.2 Å². The predicted octanol–water partition coefficient (Wildman–Crippen LogP) is 2.47. The Morgan fingerprint density at radius 2 is 1.68 bits per heavy atom. The summed E-state index contributed by atoms with van der Waals surface area (Å²) >= 11 is 0. The molecule has 0 saturated carbocycles. The van der Waals surface area contributed by atoms with Gasteiger partial charge in [0.25, 0.3) is 0 Å². The second kappa shape index (κ2) is 8.68. The van der Waals surface area contributed by atoms with Crippen LogP contribution < -0.4 is 5.32 Å². The summed E-state index contributed by atoms with van der Waals surface area (Å²) in [6.45, 7) is 10.4. The van der Waals surface area contributed by atoms with E-state index in [1.807, 2.05) is 7.05 Å². The van der Waals surface area contributed by atoms with E-state index in [4.69, 9.17) is 4.74 Å². The van der Waals surface area contributed by atoms with Gasteiger partial charge in [-0.2, -0.15) is 0 Å². The quantitative estimate of drug-likeness (QED) is 0.673. The van der Waals surface area contributed by atoms with Crippen LogP contribution in [0.15, 0.2) is 29.3 Å². The van der Waals surface area contributed by atoms with Crippen LogP contribution >= 0.6 is 0 Å². The molecule has 0 spiro atoms. The Hall–Kier alpha value is -1.59. The Morgan fingerprint density at radius 1 is 1.08 bits per heavy atom. The van der Waals surface area contributed by atoms with Gasteiger partial charge in [-0.15, -0.1) is 0 Å². The molecule has 1 N–H and O–H groups in total. The maximum Gasteiger partial charge on any atom is 0.193 e. The summed E-state index contributed by atoms with van der Waals surface area (Å²) in [6.07, 6.45) is 3.19. The summed E-state index contributed by atoms with van der Waals surface area (Å²) in [5, 5.41) is 3.49. The van der Waals surface area contributed by atoms with Crippen LogP contribution in [0.3, 0.4) is 0 Å². The van der Waals surface area contributed by atoms with E-state index in [1.165, 1.54) is 24.0 Å². The molecule has 2 aliphatic heterocycles. The fraction of sp³-hybridized carbons (Fsp3) is 0.650. The topological polar surface area (TPSA) is 40.1 Å². The van der Waals surface area contributed by atoms with Gasteiger partial charge < -0.3 is 15.0 Å². The number of benzene rings is 1. The molecule has 25 heavy (non-hydrogen) atoms. The second-order valence-corrected chi connectivity index (χ2v) is 7.36. The van der Waals surface area contributed by atoms with Gasteiger partial charge in [0.05, 0.1) is 12.2 Å². The van der Waals surface area contributed by atoms with Crippen molar-refractivity contribution in [3.63, 3.8) is 0 Å². The maximum atomic E-state index is 5.82. The SMILES string of the molecule is CN=C(NCc1ccc(CN2CC(C)OC(C)C2)cc1)N1CCCC1. The van der Waals surface area contributed by atoms with Gasteiger partial charge in [-0.3, -0.25) is 9.89 Å². The van der Waals surface area contributed by atoms with Gasteiger partial charge in [0, 0.05) is 46.3 Å². The fourth-order valence-electron chi connectivity index (χ4n) is 3.88. The van der Waals surface area contributed by atoms with Crippen molar-refractivity contribution in [1.29, 1.82) is 0 Å².